The Hall–Kier alpha value is -2.73. The molecule has 3 rings (SSSR count). The van der Waals surface area contributed by atoms with Crippen LogP contribution in [0.3, 0.4) is 0 Å². The van der Waals surface area contributed by atoms with E-state index in [1.54, 1.807) is 12.4 Å². The Labute approximate surface area is 167 Å². The molecule has 0 bridgehead atoms. The zero-order chi connectivity index (χ0) is 20.0. The first-order valence-electron chi connectivity index (χ1n) is 9.74. The molecule has 0 aliphatic carbocycles. The molecular weight excluding hydrogens is 350 g/mol. The van der Waals surface area contributed by atoms with E-state index in [1.807, 2.05) is 26.8 Å². The van der Waals surface area contributed by atoms with Gasteiger partial charge in [0.25, 0.3) is 5.91 Å². The van der Waals surface area contributed by atoms with Crippen molar-refractivity contribution in [1.82, 2.24) is 20.2 Å². The number of nitrogens with zero attached hydrogens (tertiary/aromatic N) is 4. The van der Waals surface area contributed by atoms with Crippen LogP contribution >= 0.6 is 0 Å². The summed E-state index contributed by atoms with van der Waals surface area (Å²) in [7, 11) is 0. The van der Waals surface area contributed by atoms with Crippen LogP contribution in [0.1, 0.15) is 36.7 Å². The quantitative estimate of drug-likeness (QED) is 0.866. The fourth-order valence-electron chi connectivity index (χ4n) is 3.05. The summed E-state index contributed by atoms with van der Waals surface area (Å²) < 4.78 is 0. The summed E-state index contributed by atoms with van der Waals surface area (Å²) >= 11 is 0. The van der Waals surface area contributed by atoms with E-state index in [0.717, 1.165) is 32.7 Å². The van der Waals surface area contributed by atoms with Crippen molar-refractivity contribution < 1.29 is 4.79 Å². The molecule has 148 valence electrons. The first kappa shape index (κ1) is 20.0. The van der Waals surface area contributed by atoms with Gasteiger partial charge in [0.1, 0.15) is 0 Å². The van der Waals surface area contributed by atoms with Gasteiger partial charge in [-0.1, -0.05) is 42.5 Å². The SMILES string of the molecule is CC(C)(C)NC(=O)c1cnc(N2CCN(C/C=C/c3ccccc3)CC2)nc1. The average molecular weight is 380 g/mol. The van der Waals surface area contributed by atoms with Crippen LogP contribution < -0.4 is 10.2 Å². The molecular formula is C22H29N5O. The zero-order valence-electron chi connectivity index (χ0n) is 16.9. The highest BCUT2D eigenvalue weighted by Gasteiger charge is 2.20. The molecule has 0 atom stereocenters. The molecule has 1 amide bonds. The molecule has 2 heterocycles. The molecule has 6 nitrogen and oxygen atoms in total. The second-order valence-electron chi connectivity index (χ2n) is 8.08. The largest absolute Gasteiger partial charge is 0.347 e. The second-order valence-corrected chi connectivity index (χ2v) is 8.08. The van der Waals surface area contributed by atoms with Crippen LogP contribution in [0.5, 0.6) is 0 Å². The topological polar surface area (TPSA) is 61.4 Å². The van der Waals surface area contributed by atoms with Gasteiger partial charge in [-0.15, -0.1) is 0 Å². The summed E-state index contributed by atoms with van der Waals surface area (Å²) in [6, 6.07) is 10.4. The van der Waals surface area contributed by atoms with Crippen molar-refractivity contribution in [2.45, 2.75) is 26.3 Å². The number of hydrogen-bond acceptors (Lipinski definition) is 5. The Morgan fingerprint density at radius 2 is 1.71 bits per heavy atom. The third-order valence-corrected chi connectivity index (χ3v) is 4.52. The molecule has 1 saturated heterocycles. The predicted octanol–water partition coefficient (Wildman–Crippen LogP) is 2.84. The maximum atomic E-state index is 12.2. The van der Waals surface area contributed by atoms with Gasteiger partial charge in [0.2, 0.25) is 5.95 Å². The van der Waals surface area contributed by atoms with Gasteiger partial charge in [0.15, 0.2) is 0 Å². The van der Waals surface area contributed by atoms with Crippen molar-refractivity contribution in [2.24, 2.45) is 0 Å². The van der Waals surface area contributed by atoms with Gasteiger partial charge in [0, 0.05) is 50.7 Å². The summed E-state index contributed by atoms with van der Waals surface area (Å²) in [4.78, 5) is 25.6. The second kappa shape index (κ2) is 8.97. The molecule has 1 aromatic heterocycles. The predicted molar refractivity (Wildman–Crippen MR) is 113 cm³/mol. The van der Waals surface area contributed by atoms with E-state index in [4.69, 9.17) is 0 Å². The number of amides is 1. The van der Waals surface area contributed by atoms with Crippen LogP contribution in [0.15, 0.2) is 48.8 Å². The third-order valence-electron chi connectivity index (χ3n) is 4.52. The maximum absolute atomic E-state index is 12.2. The first-order valence-corrected chi connectivity index (χ1v) is 9.74. The molecule has 0 saturated carbocycles. The van der Waals surface area contributed by atoms with Crippen LogP contribution in [0.4, 0.5) is 5.95 Å². The monoisotopic (exact) mass is 379 g/mol. The highest BCUT2D eigenvalue weighted by molar-refractivity contribution is 5.94. The van der Waals surface area contributed by atoms with Crippen molar-refractivity contribution in [3.63, 3.8) is 0 Å². The number of hydrogen-bond donors (Lipinski definition) is 1. The lowest BCUT2D eigenvalue weighted by Gasteiger charge is -2.34. The first-order chi connectivity index (χ1) is 13.4. The molecule has 1 aliphatic rings. The minimum atomic E-state index is -0.277. The van der Waals surface area contributed by atoms with Crippen LogP contribution in [-0.4, -0.2) is 59.0 Å². The van der Waals surface area contributed by atoms with Crippen molar-refractivity contribution >= 4 is 17.9 Å². The molecule has 0 radical (unpaired) electrons. The number of anilines is 1. The minimum Gasteiger partial charge on any atom is -0.347 e. The Morgan fingerprint density at radius 1 is 1.07 bits per heavy atom. The fourth-order valence-corrected chi connectivity index (χ4v) is 3.05. The van der Waals surface area contributed by atoms with E-state index in [-0.39, 0.29) is 11.4 Å². The zero-order valence-corrected chi connectivity index (χ0v) is 16.9. The number of carbonyl (C=O) groups is 1. The standard InChI is InChI=1S/C22H29N5O/c1-22(2,3)25-20(28)19-16-23-21(24-17-19)27-14-12-26(13-15-27)11-7-10-18-8-5-4-6-9-18/h4-10,16-17H,11-15H2,1-3H3,(H,25,28)/b10-7+. The highest BCUT2D eigenvalue weighted by Crippen LogP contribution is 2.12. The number of nitrogens with one attached hydrogen (secondary N) is 1. The van der Waals surface area contributed by atoms with Gasteiger partial charge in [-0.25, -0.2) is 9.97 Å². The van der Waals surface area contributed by atoms with Gasteiger partial charge >= 0.3 is 0 Å². The van der Waals surface area contributed by atoms with Crippen molar-refractivity contribution in [3.8, 4) is 0 Å². The molecule has 0 spiro atoms. The van der Waals surface area contributed by atoms with E-state index in [0.29, 0.717) is 11.5 Å². The third kappa shape index (κ3) is 5.89. The lowest BCUT2D eigenvalue weighted by molar-refractivity contribution is 0.0919. The number of benzene rings is 1. The summed E-state index contributed by atoms with van der Waals surface area (Å²) in [5.41, 5.74) is 1.44. The Balaban J connectivity index is 1.48. The van der Waals surface area contributed by atoms with E-state index >= 15 is 0 Å². The fraction of sp³-hybridized carbons (Fsp3) is 0.409. The maximum Gasteiger partial charge on any atom is 0.254 e. The molecule has 1 fully saturated rings. The number of rotatable bonds is 5. The van der Waals surface area contributed by atoms with Crippen molar-refractivity contribution in [3.05, 3.63) is 59.9 Å². The van der Waals surface area contributed by atoms with Gasteiger partial charge in [-0.3, -0.25) is 9.69 Å². The Bertz CT molecular complexity index is 788. The summed E-state index contributed by atoms with van der Waals surface area (Å²) in [5, 5.41) is 2.93. The van der Waals surface area contributed by atoms with E-state index in [9.17, 15) is 4.79 Å². The average Bonchev–Trinajstić information content (AvgIpc) is 2.68. The molecule has 1 aliphatic heterocycles. The van der Waals surface area contributed by atoms with Gasteiger partial charge in [0.05, 0.1) is 5.56 Å². The van der Waals surface area contributed by atoms with Crippen molar-refractivity contribution in [2.75, 3.05) is 37.6 Å². The number of piperazine rings is 1. The molecule has 6 heteroatoms. The highest BCUT2D eigenvalue weighted by atomic mass is 16.1. The molecule has 1 aromatic carbocycles. The van der Waals surface area contributed by atoms with Gasteiger partial charge in [-0.05, 0) is 26.3 Å². The minimum absolute atomic E-state index is 0.144. The van der Waals surface area contributed by atoms with Crippen LogP contribution in [0.2, 0.25) is 0 Å². The summed E-state index contributed by atoms with van der Waals surface area (Å²) in [5.74, 6) is 0.542. The lowest BCUT2D eigenvalue weighted by Crippen LogP contribution is -2.47. The van der Waals surface area contributed by atoms with Crippen LogP contribution in [0, 0.1) is 0 Å². The smallest absolute Gasteiger partial charge is 0.254 e. The van der Waals surface area contributed by atoms with Gasteiger partial charge < -0.3 is 10.2 Å². The number of carbonyl (C=O) groups excluding carboxylic acids is 1. The van der Waals surface area contributed by atoms with Crippen LogP contribution in [0.25, 0.3) is 6.08 Å². The molecule has 28 heavy (non-hydrogen) atoms. The van der Waals surface area contributed by atoms with Crippen molar-refractivity contribution in [1.29, 1.82) is 0 Å². The van der Waals surface area contributed by atoms with Gasteiger partial charge in [-0.2, -0.15) is 0 Å². The van der Waals surface area contributed by atoms with Crippen LogP contribution in [-0.2, 0) is 0 Å². The Kier molecular flexibility index (Phi) is 6.41. The molecule has 0 unspecified atom stereocenters. The molecule has 2 aromatic rings. The number of aromatic nitrogens is 2. The molecule has 1 N–H and O–H groups in total. The van der Waals surface area contributed by atoms with E-state index in [2.05, 4.69) is 61.5 Å². The van der Waals surface area contributed by atoms with E-state index < -0.39 is 0 Å². The van der Waals surface area contributed by atoms with E-state index in [1.165, 1.54) is 5.56 Å². The normalized spacial score (nSPS) is 15.8. The Morgan fingerprint density at radius 3 is 2.32 bits per heavy atom. The summed E-state index contributed by atoms with van der Waals surface area (Å²) in [6.07, 6.45) is 7.59. The lowest BCUT2D eigenvalue weighted by atomic mass is 10.1. The summed E-state index contributed by atoms with van der Waals surface area (Å²) in [6.45, 7) is 10.5.